The summed E-state index contributed by atoms with van der Waals surface area (Å²) in [6.45, 7) is 5.54. The third kappa shape index (κ3) is 8.83. The van der Waals surface area contributed by atoms with Gasteiger partial charge in [0.2, 0.25) is 21.8 Å². The Hall–Kier alpha value is -3.36. The number of nitrogens with one attached hydrogen (secondary N) is 1. The Balaban J connectivity index is 2.04. The van der Waals surface area contributed by atoms with Gasteiger partial charge >= 0.3 is 0 Å². The first-order valence-corrected chi connectivity index (χ1v) is 15.1. The summed E-state index contributed by atoms with van der Waals surface area (Å²) in [5, 5.41) is 3.47. The topological polar surface area (TPSA) is 86.8 Å². The molecule has 0 unspecified atom stereocenters. The molecule has 39 heavy (non-hydrogen) atoms. The normalized spacial score (nSPS) is 12.8. The molecule has 7 nitrogen and oxygen atoms in total. The third-order valence-corrected chi connectivity index (χ3v) is 7.93. The Bertz CT molecular complexity index is 1350. The van der Waals surface area contributed by atoms with Gasteiger partial charge in [0.05, 0.1) is 11.9 Å². The van der Waals surface area contributed by atoms with Crippen LogP contribution in [-0.2, 0) is 32.6 Å². The van der Waals surface area contributed by atoms with Crippen LogP contribution in [0.2, 0.25) is 5.02 Å². The molecule has 2 atom stereocenters. The second-order valence-electron chi connectivity index (χ2n) is 9.78. The van der Waals surface area contributed by atoms with Crippen molar-refractivity contribution < 1.29 is 18.0 Å². The highest BCUT2D eigenvalue weighted by atomic mass is 35.5. The van der Waals surface area contributed by atoms with Crippen LogP contribution in [0.5, 0.6) is 0 Å². The Morgan fingerprint density at radius 3 is 2.10 bits per heavy atom. The Morgan fingerprint density at radius 2 is 1.54 bits per heavy atom. The number of hydrogen-bond donors (Lipinski definition) is 1. The van der Waals surface area contributed by atoms with Gasteiger partial charge in [0, 0.05) is 24.0 Å². The summed E-state index contributed by atoms with van der Waals surface area (Å²) in [5.74, 6) is -0.776. The quantitative estimate of drug-likeness (QED) is 0.334. The van der Waals surface area contributed by atoms with Gasteiger partial charge in [-0.15, -0.1) is 0 Å². The minimum Gasteiger partial charge on any atom is -0.352 e. The van der Waals surface area contributed by atoms with Crippen LogP contribution in [-0.4, -0.2) is 50.0 Å². The fourth-order valence-electron chi connectivity index (χ4n) is 4.11. The third-order valence-electron chi connectivity index (χ3n) is 6.54. The van der Waals surface area contributed by atoms with E-state index < -0.39 is 28.5 Å². The van der Waals surface area contributed by atoms with E-state index in [1.807, 2.05) is 75.4 Å². The first-order chi connectivity index (χ1) is 18.5. The molecule has 0 aliphatic rings. The van der Waals surface area contributed by atoms with E-state index in [2.05, 4.69) is 5.32 Å². The molecule has 0 saturated carbocycles. The molecular formula is C30H36ClN3O4S. The van der Waals surface area contributed by atoms with E-state index in [-0.39, 0.29) is 24.9 Å². The van der Waals surface area contributed by atoms with Crippen molar-refractivity contribution in [3.63, 3.8) is 0 Å². The lowest BCUT2D eigenvalue weighted by molar-refractivity contribution is -0.140. The molecular weight excluding hydrogens is 534 g/mol. The number of amides is 2. The summed E-state index contributed by atoms with van der Waals surface area (Å²) in [5.41, 5.74) is 3.11. The maximum atomic E-state index is 14.0. The Labute approximate surface area is 236 Å². The minimum atomic E-state index is -3.82. The molecule has 208 valence electrons. The molecule has 0 aliphatic carbocycles. The van der Waals surface area contributed by atoms with Crippen LogP contribution in [0.15, 0.2) is 78.9 Å². The van der Waals surface area contributed by atoms with Gasteiger partial charge in [0.1, 0.15) is 12.6 Å². The molecule has 0 aromatic heterocycles. The number of rotatable bonds is 12. The van der Waals surface area contributed by atoms with Crippen LogP contribution >= 0.6 is 11.6 Å². The van der Waals surface area contributed by atoms with E-state index in [0.717, 1.165) is 33.7 Å². The molecule has 9 heteroatoms. The number of nitrogens with zero attached hydrogens (tertiary/aromatic N) is 2. The SMILES string of the molecule is CC[C@H](C)NC(=O)[C@H](Cc1ccccc1)N(Cc1ccc(C)cc1)C(=O)CN(c1ccc(Cl)cc1)S(C)(=O)=O. The highest BCUT2D eigenvalue weighted by Gasteiger charge is 2.33. The summed E-state index contributed by atoms with van der Waals surface area (Å²) in [6, 6.07) is 22.5. The van der Waals surface area contributed by atoms with Crippen LogP contribution in [0.1, 0.15) is 37.0 Å². The molecule has 0 heterocycles. The number of anilines is 1. The number of benzene rings is 3. The minimum absolute atomic E-state index is 0.0892. The monoisotopic (exact) mass is 569 g/mol. The molecule has 0 fully saturated rings. The predicted octanol–water partition coefficient (Wildman–Crippen LogP) is 4.97. The summed E-state index contributed by atoms with van der Waals surface area (Å²) >= 11 is 6.01. The maximum absolute atomic E-state index is 14.0. The second kappa shape index (κ2) is 13.6. The fraction of sp³-hybridized carbons (Fsp3) is 0.333. The second-order valence-corrected chi connectivity index (χ2v) is 12.1. The van der Waals surface area contributed by atoms with Crippen LogP contribution in [0.3, 0.4) is 0 Å². The molecule has 2 amide bonds. The lowest BCUT2D eigenvalue weighted by atomic mass is 10.0. The number of carbonyl (C=O) groups excluding carboxylic acids is 2. The standard InChI is InChI=1S/C30H36ClN3O4S/c1-5-23(3)32-30(36)28(19-24-9-7-6-8-10-24)33(20-25-13-11-22(2)12-14-25)29(35)21-34(39(4,37)38)27-17-15-26(31)16-18-27/h6-18,23,28H,5,19-21H2,1-4H3,(H,32,36)/t23-,28-/m0/s1. The van der Waals surface area contributed by atoms with Crippen molar-refractivity contribution in [2.45, 2.75) is 52.2 Å². The first kappa shape index (κ1) is 30.2. The van der Waals surface area contributed by atoms with Crippen LogP contribution in [0.4, 0.5) is 5.69 Å². The van der Waals surface area contributed by atoms with Crippen molar-refractivity contribution >= 4 is 39.1 Å². The van der Waals surface area contributed by atoms with Gasteiger partial charge in [0.25, 0.3) is 0 Å². The van der Waals surface area contributed by atoms with Gasteiger partial charge in [0.15, 0.2) is 0 Å². The highest BCUT2D eigenvalue weighted by molar-refractivity contribution is 7.92. The predicted molar refractivity (Wildman–Crippen MR) is 157 cm³/mol. The number of aryl methyl sites for hydroxylation is 1. The van der Waals surface area contributed by atoms with Crippen molar-refractivity contribution in [2.24, 2.45) is 0 Å². The van der Waals surface area contributed by atoms with Gasteiger partial charge in [-0.2, -0.15) is 0 Å². The lowest BCUT2D eigenvalue weighted by Gasteiger charge is -2.34. The Kier molecular flexibility index (Phi) is 10.5. The fourth-order valence-corrected chi connectivity index (χ4v) is 5.08. The van der Waals surface area contributed by atoms with Crippen molar-refractivity contribution in [1.82, 2.24) is 10.2 Å². The first-order valence-electron chi connectivity index (χ1n) is 12.9. The maximum Gasteiger partial charge on any atom is 0.244 e. The summed E-state index contributed by atoms with van der Waals surface area (Å²) in [4.78, 5) is 29.2. The average Bonchev–Trinajstić information content (AvgIpc) is 2.90. The molecule has 3 rings (SSSR count). The number of sulfonamides is 1. The number of carbonyl (C=O) groups is 2. The zero-order chi connectivity index (χ0) is 28.6. The summed E-state index contributed by atoms with van der Waals surface area (Å²) in [7, 11) is -3.82. The molecule has 0 saturated heterocycles. The molecule has 0 spiro atoms. The molecule has 0 radical (unpaired) electrons. The molecule has 0 bridgehead atoms. The van der Waals surface area contributed by atoms with Crippen molar-refractivity contribution in [3.8, 4) is 0 Å². The lowest BCUT2D eigenvalue weighted by Crippen LogP contribution is -2.54. The average molecular weight is 570 g/mol. The van der Waals surface area contributed by atoms with Gasteiger partial charge < -0.3 is 10.2 Å². The van der Waals surface area contributed by atoms with E-state index in [0.29, 0.717) is 10.7 Å². The van der Waals surface area contributed by atoms with Gasteiger partial charge in [-0.3, -0.25) is 13.9 Å². The molecule has 0 aliphatic heterocycles. The van der Waals surface area contributed by atoms with E-state index in [4.69, 9.17) is 11.6 Å². The molecule has 1 N–H and O–H groups in total. The van der Waals surface area contributed by atoms with Crippen LogP contribution in [0, 0.1) is 6.92 Å². The smallest absolute Gasteiger partial charge is 0.244 e. The number of hydrogen-bond acceptors (Lipinski definition) is 4. The van der Waals surface area contributed by atoms with Crippen molar-refractivity contribution in [2.75, 3.05) is 17.1 Å². The summed E-state index contributed by atoms with van der Waals surface area (Å²) in [6.07, 6.45) is 2.06. The summed E-state index contributed by atoms with van der Waals surface area (Å²) < 4.78 is 26.6. The molecule has 3 aromatic rings. The van der Waals surface area contributed by atoms with Crippen LogP contribution in [0.25, 0.3) is 0 Å². The largest absolute Gasteiger partial charge is 0.352 e. The number of halogens is 1. The van der Waals surface area contributed by atoms with E-state index in [1.54, 1.807) is 24.3 Å². The van der Waals surface area contributed by atoms with Crippen molar-refractivity contribution in [1.29, 1.82) is 0 Å². The van der Waals surface area contributed by atoms with E-state index >= 15 is 0 Å². The highest BCUT2D eigenvalue weighted by Crippen LogP contribution is 2.22. The zero-order valence-electron chi connectivity index (χ0n) is 22.8. The molecule has 3 aromatic carbocycles. The van der Waals surface area contributed by atoms with Gasteiger partial charge in [-0.1, -0.05) is 78.7 Å². The van der Waals surface area contributed by atoms with Gasteiger partial charge in [-0.25, -0.2) is 8.42 Å². The van der Waals surface area contributed by atoms with E-state index in [1.165, 1.54) is 4.90 Å². The Morgan fingerprint density at radius 1 is 0.923 bits per heavy atom. The van der Waals surface area contributed by atoms with E-state index in [9.17, 15) is 18.0 Å². The van der Waals surface area contributed by atoms with Crippen molar-refractivity contribution in [3.05, 3.63) is 101 Å². The zero-order valence-corrected chi connectivity index (χ0v) is 24.4. The van der Waals surface area contributed by atoms with Gasteiger partial charge in [-0.05, 0) is 55.7 Å². The van der Waals surface area contributed by atoms with Crippen LogP contribution < -0.4 is 9.62 Å².